The second-order valence-electron chi connectivity index (χ2n) is 4.31. The van der Waals surface area contributed by atoms with Gasteiger partial charge < -0.3 is 15.7 Å². The Labute approximate surface area is 113 Å². The number of aliphatic hydroxyl groups excluding tert-OH is 1. The van der Waals surface area contributed by atoms with Crippen molar-refractivity contribution >= 4 is 11.7 Å². The molecule has 3 N–H and O–H groups in total. The highest BCUT2D eigenvalue weighted by Gasteiger charge is 2.08. The van der Waals surface area contributed by atoms with Crippen LogP contribution in [0.3, 0.4) is 0 Å². The van der Waals surface area contributed by atoms with Crippen LogP contribution in [-0.2, 0) is 0 Å². The lowest BCUT2D eigenvalue weighted by molar-refractivity contribution is 0.238. The summed E-state index contributed by atoms with van der Waals surface area (Å²) in [7, 11) is 0. The third kappa shape index (κ3) is 5.40. The lowest BCUT2D eigenvalue weighted by atomic mass is 10.0. The maximum absolute atomic E-state index is 11.6. The van der Waals surface area contributed by atoms with Gasteiger partial charge in [-0.05, 0) is 36.6 Å². The third-order valence-corrected chi connectivity index (χ3v) is 2.94. The van der Waals surface area contributed by atoms with Gasteiger partial charge >= 0.3 is 6.03 Å². The lowest BCUT2D eigenvalue weighted by Gasteiger charge is -2.14. The normalized spacial score (nSPS) is 11.4. The molecule has 1 rings (SSSR count). The summed E-state index contributed by atoms with van der Waals surface area (Å²) in [6.07, 6.45) is 1.60. The number of hydrogen-bond donors (Lipinski definition) is 3. The van der Waals surface area contributed by atoms with Crippen molar-refractivity contribution < 1.29 is 9.90 Å². The Hall–Kier alpha value is -2.06. The highest BCUT2D eigenvalue weighted by molar-refractivity contribution is 5.89. The highest BCUT2D eigenvalue weighted by atomic mass is 16.3. The van der Waals surface area contributed by atoms with Gasteiger partial charge in [0.2, 0.25) is 0 Å². The number of benzene rings is 1. The molecule has 0 aromatic heterocycles. The van der Waals surface area contributed by atoms with E-state index >= 15 is 0 Å². The van der Waals surface area contributed by atoms with E-state index in [0.717, 1.165) is 6.42 Å². The Bertz CT molecular complexity index is 437. The number of nitriles is 1. The minimum atomic E-state index is -0.277. The molecule has 0 radical (unpaired) electrons. The minimum Gasteiger partial charge on any atom is -0.396 e. The number of rotatable bonds is 6. The Morgan fingerprint density at radius 2 is 2.11 bits per heavy atom. The van der Waals surface area contributed by atoms with Gasteiger partial charge in [0.1, 0.15) is 0 Å². The first-order chi connectivity index (χ1) is 9.19. The quantitative estimate of drug-likeness (QED) is 0.733. The number of carbonyl (C=O) groups excluding carboxylic acids is 1. The van der Waals surface area contributed by atoms with E-state index in [0.29, 0.717) is 24.2 Å². The Balaban J connectivity index is 2.40. The molecule has 1 unspecified atom stereocenters. The monoisotopic (exact) mass is 261 g/mol. The van der Waals surface area contributed by atoms with Crippen LogP contribution in [0.2, 0.25) is 0 Å². The average Bonchev–Trinajstić information content (AvgIpc) is 2.44. The molecule has 1 aromatic rings. The van der Waals surface area contributed by atoms with Gasteiger partial charge in [0.05, 0.1) is 11.6 Å². The first-order valence-electron chi connectivity index (χ1n) is 6.35. The van der Waals surface area contributed by atoms with Crippen LogP contribution >= 0.6 is 0 Å². The molecule has 1 aromatic carbocycles. The molecule has 0 fully saturated rings. The largest absolute Gasteiger partial charge is 0.396 e. The van der Waals surface area contributed by atoms with Crippen LogP contribution in [0.1, 0.15) is 25.3 Å². The van der Waals surface area contributed by atoms with Crippen molar-refractivity contribution in [2.75, 3.05) is 18.5 Å². The number of urea groups is 1. The second-order valence-corrected chi connectivity index (χ2v) is 4.31. The fourth-order valence-corrected chi connectivity index (χ4v) is 1.67. The van der Waals surface area contributed by atoms with Crippen LogP contribution in [-0.4, -0.2) is 24.3 Å². The number of anilines is 1. The molecule has 0 aliphatic heterocycles. The number of nitrogens with zero attached hydrogens (tertiary/aromatic N) is 1. The molecule has 0 heterocycles. The molecule has 19 heavy (non-hydrogen) atoms. The van der Waals surface area contributed by atoms with E-state index in [1.54, 1.807) is 24.3 Å². The van der Waals surface area contributed by atoms with E-state index in [-0.39, 0.29) is 18.6 Å². The van der Waals surface area contributed by atoms with Crippen molar-refractivity contribution in [3.8, 4) is 6.07 Å². The summed E-state index contributed by atoms with van der Waals surface area (Å²) in [6.45, 7) is 2.71. The molecular weight excluding hydrogens is 242 g/mol. The van der Waals surface area contributed by atoms with Gasteiger partial charge in [0.15, 0.2) is 0 Å². The summed E-state index contributed by atoms with van der Waals surface area (Å²) in [5.74, 6) is 0.289. The number of hydrogen-bond acceptors (Lipinski definition) is 3. The van der Waals surface area contributed by atoms with Crippen molar-refractivity contribution in [1.29, 1.82) is 5.26 Å². The SMILES string of the molecule is CCC(CCO)CNC(=O)Nc1ccc(C#N)cc1. The van der Waals surface area contributed by atoms with Gasteiger partial charge in [-0.3, -0.25) is 0 Å². The molecule has 0 spiro atoms. The third-order valence-electron chi connectivity index (χ3n) is 2.94. The van der Waals surface area contributed by atoms with Gasteiger partial charge in [-0.25, -0.2) is 4.79 Å². The van der Waals surface area contributed by atoms with Crippen LogP contribution in [0.5, 0.6) is 0 Å². The predicted molar refractivity (Wildman–Crippen MR) is 73.7 cm³/mol. The van der Waals surface area contributed by atoms with Crippen LogP contribution in [0.15, 0.2) is 24.3 Å². The molecule has 5 heteroatoms. The molecule has 0 aliphatic rings. The van der Waals surface area contributed by atoms with Gasteiger partial charge in [-0.1, -0.05) is 13.3 Å². The van der Waals surface area contributed by atoms with E-state index in [2.05, 4.69) is 10.6 Å². The fourth-order valence-electron chi connectivity index (χ4n) is 1.67. The van der Waals surface area contributed by atoms with E-state index in [4.69, 9.17) is 10.4 Å². The number of carbonyl (C=O) groups is 1. The molecule has 0 saturated heterocycles. The Morgan fingerprint density at radius 3 is 2.63 bits per heavy atom. The lowest BCUT2D eigenvalue weighted by Crippen LogP contribution is -2.33. The van der Waals surface area contributed by atoms with Gasteiger partial charge in [0, 0.05) is 18.8 Å². The molecule has 2 amide bonds. The van der Waals surface area contributed by atoms with Crippen LogP contribution in [0.4, 0.5) is 10.5 Å². The maximum atomic E-state index is 11.6. The highest BCUT2D eigenvalue weighted by Crippen LogP contribution is 2.09. The molecule has 0 saturated carbocycles. The van der Waals surface area contributed by atoms with E-state index in [1.165, 1.54) is 0 Å². The van der Waals surface area contributed by atoms with Gasteiger partial charge in [0.25, 0.3) is 0 Å². The minimum absolute atomic E-state index is 0.136. The van der Waals surface area contributed by atoms with Gasteiger partial charge in [-0.15, -0.1) is 0 Å². The van der Waals surface area contributed by atoms with Crippen molar-refractivity contribution in [2.24, 2.45) is 5.92 Å². The van der Waals surface area contributed by atoms with Crippen LogP contribution < -0.4 is 10.6 Å². The summed E-state index contributed by atoms with van der Waals surface area (Å²) >= 11 is 0. The molecule has 102 valence electrons. The second kappa shape index (κ2) is 8.11. The number of amides is 2. The summed E-state index contributed by atoms with van der Waals surface area (Å²) in [4.78, 5) is 11.6. The zero-order chi connectivity index (χ0) is 14.1. The predicted octanol–water partition coefficient (Wildman–Crippen LogP) is 2.09. The molecule has 1 atom stereocenters. The van der Waals surface area contributed by atoms with E-state index < -0.39 is 0 Å². The van der Waals surface area contributed by atoms with Crippen molar-refractivity contribution in [2.45, 2.75) is 19.8 Å². The first kappa shape index (κ1) is 15.0. The van der Waals surface area contributed by atoms with Crippen LogP contribution in [0.25, 0.3) is 0 Å². The van der Waals surface area contributed by atoms with Crippen molar-refractivity contribution in [3.05, 3.63) is 29.8 Å². The Morgan fingerprint density at radius 1 is 1.42 bits per heavy atom. The molecule has 0 bridgehead atoms. The summed E-state index contributed by atoms with van der Waals surface area (Å²) in [5, 5.41) is 23.0. The van der Waals surface area contributed by atoms with Gasteiger partial charge in [-0.2, -0.15) is 5.26 Å². The van der Waals surface area contributed by atoms with Crippen molar-refractivity contribution in [1.82, 2.24) is 5.32 Å². The molecule has 5 nitrogen and oxygen atoms in total. The summed E-state index contributed by atoms with van der Waals surface area (Å²) < 4.78 is 0. The summed E-state index contributed by atoms with van der Waals surface area (Å²) in [6, 6.07) is 8.41. The molecule has 0 aliphatic carbocycles. The Kier molecular flexibility index (Phi) is 6.41. The fraction of sp³-hybridized carbons (Fsp3) is 0.429. The van der Waals surface area contributed by atoms with Crippen LogP contribution in [0, 0.1) is 17.2 Å². The van der Waals surface area contributed by atoms with Crippen molar-refractivity contribution in [3.63, 3.8) is 0 Å². The maximum Gasteiger partial charge on any atom is 0.319 e. The topological polar surface area (TPSA) is 85.2 Å². The molecular formula is C14H19N3O2. The smallest absolute Gasteiger partial charge is 0.319 e. The first-order valence-corrected chi connectivity index (χ1v) is 6.35. The zero-order valence-corrected chi connectivity index (χ0v) is 11.0. The standard InChI is InChI=1S/C14H19N3O2/c1-2-11(7-8-18)10-16-14(19)17-13-5-3-12(9-15)4-6-13/h3-6,11,18H,2,7-8,10H2,1H3,(H2,16,17,19). The average molecular weight is 261 g/mol. The number of aliphatic hydroxyl groups is 1. The number of nitrogens with one attached hydrogen (secondary N) is 2. The summed E-state index contributed by atoms with van der Waals surface area (Å²) in [5.41, 5.74) is 1.20. The van der Waals surface area contributed by atoms with E-state index in [1.807, 2.05) is 13.0 Å². The van der Waals surface area contributed by atoms with E-state index in [9.17, 15) is 4.79 Å². The zero-order valence-electron chi connectivity index (χ0n) is 11.0.